The van der Waals surface area contributed by atoms with Crippen LogP contribution in [0.25, 0.3) is 0 Å². The van der Waals surface area contributed by atoms with Gasteiger partial charge in [-0.05, 0) is 33.7 Å². The Kier molecular flexibility index (Phi) is 6.11. The first kappa shape index (κ1) is 13.2. The Morgan fingerprint density at radius 1 is 1.50 bits per heavy atom. The van der Waals surface area contributed by atoms with E-state index in [1.54, 1.807) is 0 Å². The maximum Gasteiger partial charge on any atom is 0.0948 e. The molecule has 0 aromatic carbocycles. The highest BCUT2D eigenvalue weighted by Gasteiger charge is 1.99. The first-order valence-corrected chi connectivity index (χ1v) is 6.05. The number of imidazole rings is 1. The third-order valence-electron chi connectivity index (χ3n) is 2.39. The quantitative estimate of drug-likeness (QED) is 0.686. The Balaban J connectivity index is 2.07. The van der Waals surface area contributed by atoms with E-state index in [2.05, 4.69) is 35.6 Å². The maximum atomic E-state index is 5.47. The van der Waals surface area contributed by atoms with Crippen LogP contribution in [0.15, 0.2) is 12.5 Å². The second-order valence-electron chi connectivity index (χ2n) is 4.12. The van der Waals surface area contributed by atoms with Crippen LogP contribution in [0.1, 0.15) is 32.9 Å². The molecule has 0 saturated heterocycles. The molecule has 0 radical (unpaired) electrons. The number of nitrogens with one attached hydrogen (secondary N) is 1. The molecule has 0 aliphatic rings. The molecule has 0 aliphatic carbocycles. The van der Waals surface area contributed by atoms with Gasteiger partial charge in [0.2, 0.25) is 0 Å². The summed E-state index contributed by atoms with van der Waals surface area (Å²) in [5.74, 6) is 0. The number of aryl methyl sites for hydroxylation is 1. The molecule has 1 heterocycles. The van der Waals surface area contributed by atoms with Gasteiger partial charge in [0.05, 0.1) is 18.1 Å². The highest BCUT2D eigenvalue weighted by molar-refractivity contribution is 4.97. The van der Waals surface area contributed by atoms with Crippen molar-refractivity contribution in [2.45, 2.75) is 46.4 Å². The lowest BCUT2D eigenvalue weighted by atomic mass is 10.4. The molecule has 0 fully saturated rings. The molecular weight excluding hydrogens is 202 g/mol. The summed E-state index contributed by atoms with van der Waals surface area (Å²) in [6.07, 6.45) is 5.18. The van der Waals surface area contributed by atoms with Crippen molar-refractivity contribution in [1.29, 1.82) is 0 Å². The minimum absolute atomic E-state index is 0.335. The molecule has 0 aliphatic heterocycles. The highest BCUT2D eigenvalue weighted by atomic mass is 16.5. The van der Waals surface area contributed by atoms with Gasteiger partial charge in [-0.15, -0.1) is 0 Å². The summed E-state index contributed by atoms with van der Waals surface area (Å²) in [7, 11) is 0. The predicted octanol–water partition coefficient (Wildman–Crippen LogP) is 1.81. The van der Waals surface area contributed by atoms with Crippen molar-refractivity contribution in [3.8, 4) is 0 Å². The lowest BCUT2D eigenvalue weighted by molar-refractivity contribution is 0.0770. The van der Waals surface area contributed by atoms with Crippen LogP contribution in [-0.2, 0) is 17.8 Å². The Hall–Kier alpha value is -0.870. The monoisotopic (exact) mass is 225 g/mol. The molecule has 0 bridgehead atoms. The fourth-order valence-electron chi connectivity index (χ4n) is 1.51. The van der Waals surface area contributed by atoms with E-state index >= 15 is 0 Å². The van der Waals surface area contributed by atoms with Crippen LogP contribution in [0.3, 0.4) is 0 Å². The standard InChI is InChI=1S/C12H23N3O/c1-4-15-10-14-9-12(15)8-13-6-5-7-16-11(2)3/h9-11,13H,4-8H2,1-3H3. The summed E-state index contributed by atoms with van der Waals surface area (Å²) in [5, 5.41) is 3.40. The van der Waals surface area contributed by atoms with Crippen molar-refractivity contribution in [2.24, 2.45) is 0 Å². The Morgan fingerprint density at radius 2 is 2.31 bits per heavy atom. The zero-order valence-corrected chi connectivity index (χ0v) is 10.6. The molecule has 0 spiro atoms. The van der Waals surface area contributed by atoms with Crippen LogP contribution in [0, 0.1) is 0 Å². The first-order chi connectivity index (χ1) is 7.74. The third kappa shape index (κ3) is 4.77. The lowest BCUT2D eigenvalue weighted by Crippen LogP contribution is -2.19. The van der Waals surface area contributed by atoms with Gasteiger partial charge in [0.15, 0.2) is 0 Å². The van der Waals surface area contributed by atoms with Gasteiger partial charge in [0.25, 0.3) is 0 Å². The smallest absolute Gasteiger partial charge is 0.0948 e. The SMILES string of the molecule is CCn1cncc1CNCCCOC(C)C. The number of nitrogens with zero attached hydrogens (tertiary/aromatic N) is 2. The number of ether oxygens (including phenoxy) is 1. The second-order valence-corrected chi connectivity index (χ2v) is 4.12. The summed E-state index contributed by atoms with van der Waals surface area (Å²) in [4.78, 5) is 4.13. The number of hydrogen-bond acceptors (Lipinski definition) is 3. The molecule has 1 aromatic heterocycles. The predicted molar refractivity (Wildman–Crippen MR) is 65.3 cm³/mol. The fourth-order valence-corrected chi connectivity index (χ4v) is 1.51. The molecule has 1 N–H and O–H groups in total. The zero-order valence-electron chi connectivity index (χ0n) is 10.6. The zero-order chi connectivity index (χ0) is 11.8. The van der Waals surface area contributed by atoms with Crippen LogP contribution in [0.5, 0.6) is 0 Å². The van der Waals surface area contributed by atoms with Gasteiger partial charge in [0.1, 0.15) is 0 Å². The number of hydrogen-bond donors (Lipinski definition) is 1. The van der Waals surface area contributed by atoms with E-state index in [1.807, 2.05) is 12.5 Å². The first-order valence-electron chi connectivity index (χ1n) is 6.05. The number of aromatic nitrogens is 2. The van der Waals surface area contributed by atoms with Gasteiger partial charge in [-0.2, -0.15) is 0 Å². The molecule has 1 rings (SSSR count). The Morgan fingerprint density at radius 3 is 3.00 bits per heavy atom. The molecular formula is C12H23N3O. The van der Waals surface area contributed by atoms with E-state index in [9.17, 15) is 0 Å². The second kappa shape index (κ2) is 7.41. The van der Waals surface area contributed by atoms with Gasteiger partial charge in [-0.25, -0.2) is 4.98 Å². The number of rotatable bonds is 8. The summed E-state index contributed by atoms with van der Waals surface area (Å²) >= 11 is 0. The van der Waals surface area contributed by atoms with Crippen LogP contribution in [-0.4, -0.2) is 28.8 Å². The van der Waals surface area contributed by atoms with Gasteiger partial charge < -0.3 is 14.6 Å². The van der Waals surface area contributed by atoms with Crippen LogP contribution >= 0.6 is 0 Å². The van der Waals surface area contributed by atoms with E-state index < -0.39 is 0 Å². The van der Waals surface area contributed by atoms with Crippen molar-refractivity contribution in [3.63, 3.8) is 0 Å². The third-order valence-corrected chi connectivity index (χ3v) is 2.39. The maximum absolute atomic E-state index is 5.47. The normalized spacial score (nSPS) is 11.2. The Labute approximate surface area is 98.0 Å². The molecule has 1 aromatic rings. The van der Waals surface area contributed by atoms with Crippen molar-refractivity contribution in [3.05, 3.63) is 18.2 Å². The van der Waals surface area contributed by atoms with Crippen molar-refractivity contribution in [2.75, 3.05) is 13.2 Å². The lowest BCUT2D eigenvalue weighted by Gasteiger charge is -2.09. The van der Waals surface area contributed by atoms with Crippen LogP contribution < -0.4 is 5.32 Å². The minimum atomic E-state index is 0.335. The molecule has 0 unspecified atom stereocenters. The Bertz CT molecular complexity index is 284. The molecule has 4 nitrogen and oxygen atoms in total. The molecule has 0 saturated carbocycles. The van der Waals surface area contributed by atoms with Crippen molar-refractivity contribution >= 4 is 0 Å². The van der Waals surface area contributed by atoms with E-state index in [0.29, 0.717) is 6.10 Å². The van der Waals surface area contributed by atoms with Crippen LogP contribution in [0.2, 0.25) is 0 Å². The summed E-state index contributed by atoms with van der Waals surface area (Å²) in [6.45, 7) is 9.93. The van der Waals surface area contributed by atoms with E-state index in [4.69, 9.17) is 4.74 Å². The molecule has 16 heavy (non-hydrogen) atoms. The largest absolute Gasteiger partial charge is 0.379 e. The minimum Gasteiger partial charge on any atom is -0.379 e. The summed E-state index contributed by atoms with van der Waals surface area (Å²) in [5.41, 5.74) is 1.24. The average molecular weight is 225 g/mol. The van der Waals surface area contributed by atoms with E-state index in [1.165, 1.54) is 5.69 Å². The molecule has 4 heteroatoms. The summed E-state index contributed by atoms with van der Waals surface area (Å²) < 4.78 is 7.62. The van der Waals surface area contributed by atoms with E-state index in [-0.39, 0.29) is 0 Å². The van der Waals surface area contributed by atoms with E-state index in [0.717, 1.165) is 32.7 Å². The fraction of sp³-hybridized carbons (Fsp3) is 0.750. The van der Waals surface area contributed by atoms with Crippen molar-refractivity contribution in [1.82, 2.24) is 14.9 Å². The topological polar surface area (TPSA) is 39.1 Å². The van der Waals surface area contributed by atoms with Crippen molar-refractivity contribution < 1.29 is 4.74 Å². The van der Waals surface area contributed by atoms with Gasteiger partial charge in [-0.3, -0.25) is 0 Å². The average Bonchev–Trinajstić information content (AvgIpc) is 2.70. The molecule has 0 atom stereocenters. The van der Waals surface area contributed by atoms with Gasteiger partial charge in [0, 0.05) is 25.9 Å². The molecule has 0 amide bonds. The molecule has 92 valence electrons. The van der Waals surface area contributed by atoms with Crippen LogP contribution in [0.4, 0.5) is 0 Å². The summed E-state index contributed by atoms with van der Waals surface area (Å²) in [6, 6.07) is 0. The van der Waals surface area contributed by atoms with Gasteiger partial charge in [-0.1, -0.05) is 0 Å². The van der Waals surface area contributed by atoms with Gasteiger partial charge >= 0.3 is 0 Å². The highest BCUT2D eigenvalue weighted by Crippen LogP contribution is 1.98.